The third-order valence-electron chi connectivity index (χ3n) is 5.04. The molecule has 4 heteroatoms. The first-order valence-corrected chi connectivity index (χ1v) is 9.21. The van der Waals surface area contributed by atoms with Crippen molar-refractivity contribution in [2.75, 3.05) is 0 Å². The molecule has 4 nitrogen and oxygen atoms in total. The SMILES string of the molecule is CC(=NN=C1c2ccccc2-c2ccccc21)c1ccc(-n2ccnc2)cc1. The zero-order valence-electron chi connectivity index (χ0n) is 15.4. The summed E-state index contributed by atoms with van der Waals surface area (Å²) in [6, 6.07) is 25.0. The molecule has 1 aromatic heterocycles. The number of rotatable bonds is 3. The molecule has 0 N–H and O–H groups in total. The zero-order valence-corrected chi connectivity index (χ0v) is 15.4. The Morgan fingerprint density at radius 2 is 1.39 bits per heavy atom. The second-order valence-corrected chi connectivity index (χ2v) is 6.74. The molecule has 134 valence electrons. The summed E-state index contributed by atoms with van der Waals surface area (Å²) in [5.41, 5.74) is 8.63. The highest BCUT2D eigenvalue weighted by Crippen LogP contribution is 2.36. The molecule has 0 aliphatic heterocycles. The van der Waals surface area contributed by atoms with Crippen molar-refractivity contribution in [3.63, 3.8) is 0 Å². The molecule has 0 spiro atoms. The molecule has 1 aliphatic carbocycles. The molecule has 0 saturated heterocycles. The van der Waals surface area contributed by atoms with Crippen LogP contribution in [0.1, 0.15) is 23.6 Å². The number of nitrogens with zero attached hydrogens (tertiary/aromatic N) is 4. The van der Waals surface area contributed by atoms with Crippen molar-refractivity contribution in [2.24, 2.45) is 10.2 Å². The molecule has 0 bridgehead atoms. The molecule has 1 aliphatic rings. The van der Waals surface area contributed by atoms with Crippen molar-refractivity contribution in [1.29, 1.82) is 0 Å². The lowest BCUT2D eigenvalue weighted by molar-refractivity contribution is 1.06. The normalized spacial score (nSPS) is 12.6. The van der Waals surface area contributed by atoms with Gasteiger partial charge in [0, 0.05) is 29.2 Å². The smallest absolute Gasteiger partial charge is 0.101 e. The van der Waals surface area contributed by atoms with E-state index in [1.807, 2.05) is 29.8 Å². The second-order valence-electron chi connectivity index (χ2n) is 6.74. The van der Waals surface area contributed by atoms with E-state index in [0.717, 1.165) is 33.8 Å². The molecule has 0 fully saturated rings. The van der Waals surface area contributed by atoms with Gasteiger partial charge in [0.25, 0.3) is 0 Å². The van der Waals surface area contributed by atoms with Crippen LogP contribution in [-0.4, -0.2) is 21.0 Å². The Kier molecular flexibility index (Phi) is 3.95. The molecule has 28 heavy (non-hydrogen) atoms. The van der Waals surface area contributed by atoms with E-state index in [0.29, 0.717) is 0 Å². The maximum absolute atomic E-state index is 4.64. The summed E-state index contributed by atoms with van der Waals surface area (Å²) in [5.74, 6) is 0. The van der Waals surface area contributed by atoms with Gasteiger partial charge in [0.15, 0.2) is 0 Å². The van der Waals surface area contributed by atoms with E-state index in [4.69, 9.17) is 0 Å². The van der Waals surface area contributed by atoms with Crippen LogP contribution >= 0.6 is 0 Å². The maximum atomic E-state index is 4.64. The summed E-state index contributed by atoms with van der Waals surface area (Å²) < 4.78 is 1.98. The van der Waals surface area contributed by atoms with Crippen LogP contribution in [0.3, 0.4) is 0 Å². The van der Waals surface area contributed by atoms with Gasteiger partial charge < -0.3 is 4.57 Å². The summed E-state index contributed by atoms with van der Waals surface area (Å²) in [6.07, 6.45) is 5.49. The maximum Gasteiger partial charge on any atom is 0.101 e. The molecule has 5 rings (SSSR count). The predicted octanol–water partition coefficient (Wildman–Crippen LogP) is 5.11. The fraction of sp³-hybridized carbons (Fsp3) is 0.0417. The van der Waals surface area contributed by atoms with E-state index in [2.05, 4.69) is 75.9 Å². The van der Waals surface area contributed by atoms with Gasteiger partial charge in [0.2, 0.25) is 0 Å². The first kappa shape index (κ1) is 16.4. The molecule has 0 unspecified atom stereocenters. The minimum atomic E-state index is 0.881. The highest BCUT2D eigenvalue weighted by molar-refractivity contribution is 6.24. The molecule has 4 aromatic rings. The average Bonchev–Trinajstić information content (AvgIpc) is 3.39. The zero-order chi connectivity index (χ0) is 18.9. The van der Waals surface area contributed by atoms with Crippen LogP contribution < -0.4 is 0 Å². The van der Waals surface area contributed by atoms with Crippen LogP contribution in [0, 0.1) is 0 Å². The standard InChI is InChI=1S/C24H18N4/c1-17(18-10-12-19(13-11-18)28-15-14-25-16-28)26-27-24-22-8-4-2-6-20(22)21-7-3-5-9-23(21)24/h2-16H,1H3. The van der Waals surface area contributed by atoms with Gasteiger partial charge in [-0.15, -0.1) is 5.10 Å². The number of imidazole rings is 1. The lowest BCUT2D eigenvalue weighted by Gasteiger charge is -2.04. The molecule has 0 saturated carbocycles. The monoisotopic (exact) mass is 362 g/mol. The summed E-state index contributed by atoms with van der Waals surface area (Å²) in [7, 11) is 0. The highest BCUT2D eigenvalue weighted by atomic mass is 15.2. The molecule has 3 aromatic carbocycles. The first-order chi connectivity index (χ1) is 13.8. The van der Waals surface area contributed by atoms with Crippen molar-refractivity contribution in [1.82, 2.24) is 9.55 Å². The third kappa shape index (κ3) is 2.76. The first-order valence-electron chi connectivity index (χ1n) is 9.21. The Morgan fingerprint density at radius 1 is 0.786 bits per heavy atom. The molecule has 0 atom stereocenters. The van der Waals surface area contributed by atoms with Gasteiger partial charge in [0.05, 0.1) is 12.0 Å². The van der Waals surface area contributed by atoms with Crippen LogP contribution in [-0.2, 0) is 0 Å². The Balaban J connectivity index is 1.50. The molecule has 1 heterocycles. The summed E-state index contributed by atoms with van der Waals surface area (Å²) in [6.45, 7) is 1.99. The van der Waals surface area contributed by atoms with E-state index in [-0.39, 0.29) is 0 Å². The average molecular weight is 362 g/mol. The van der Waals surface area contributed by atoms with Crippen LogP contribution in [0.2, 0.25) is 0 Å². The van der Waals surface area contributed by atoms with Crippen LogP contribution in [0.4, 0.5) is 0 Å². The summed E-state index contributed by atoms with van der Waals surface area (Å²) in [4.78, 5) is 4.09. The van der Waals surface area contributed by atoms with Gasteiger partial charge in [-0.3, -0.25) is 0 Å². The lowest BCUT2D eigenvalue weighted by Crippen LogP contribution is -2.00. The lowest BCUT2D eigenvalue weighted by atomic mass is 10.1. The van der Waals surface area contributed by atoms with E-state index in [1.54, 1.807) is 12.5 Å². The predicted molar refractivity (Wildman–Crippen MR) is 113 cm³/mol. The minimum Gasteiger partial charge on any atom is -0.306 e. The van der Waals surface area contributed by atoms with Gasteiger partial charge in [-0.25, -0.2) is 4.98 Å². The van der Waals surface area contributed by atoms with Crippen LogP contribution in [0.15, 0.2) is 102 Å². The fourth-order valence-corrected chi connectivity index (χ4v) is 3.57. The number of benzene rings is 3. The fourth-order valence-electron chi connectivity index (χ4n) is 3.57. The Bertz CT molecular complexity index is 1150. The number of aromatic nitrogens is 2. The van der Waals surface area contributed by atoms with Crippen LogP contribution in [0.5, 0.6) is 0 Å². The summed E-state index contributed by atoms with van der Waals surface area (Å²) in [5, 5.41) is 9.20. The van der Waals surface area contributed by atoms with Gasteiger partial charge in [-0.05, 0) is 35.7 Å². The van der Waals surface area contributed by atoms with Crippen molar-refractivity contribution in [3.8, 4) is 16.8 Å². The molecule has 0 amide bonds. The van der Waals surface area contributed by atoms with Crippen molar-refractivity contribution in [2.45, 2.75) is 6.92 Å². The second kappa shape index (κ2) is 6.74. The number of fused-ring (bicyclic) bond motifs is 3. The quantitative estimate of drug-likeness (QED) is 0.325. The third-order valence-corrected chi connectivity index (χ3v) is 5.04. The minimum absolute atomic E-state index is 0.881. The van der Waals surface area contributed by atoms with Gasteiger partial charge in [-0.2, -0.15) is 5.10 Å². The highest BCUT2D eigenvalue weighted by Gasteiger charge is 2.23. The number of hydrogen-bond donors (Lipinski definition) is 0. The van der Waals surface area contributed by atoms with E-state index >= 15 is 0 Å². The van der Waals surface area contributed by atoms with Gasteiger partial charge in [-0.1, -0.05) is 60.7 Å². The van der Waals surface area contributed by atoms with E-state index in [1.165, 1.54) is 11.1 Å². The largest absolute Gasteiger partial charge is 0.306 e. The van der Waals surface area contributed by atoms with Crippen LogP contribution in [0.25, 0.3) is 16.8 Å². The Hall–Kier alpha value is -3.79. The van der Waals surface area contributed by atoms with Gasteiger partial charge >= 0.3 is 0 Å². The molecule has 0 radical (unpaired) electrons. The van der Waals surface area contributed by atoms with Crippen molar-refractivity contribution in [3.05, 3.63) is 108 Å². The Morgan fingerprint density at radius 3 is 1.96 bits per heavy atom. The Labute approximate surface area is 163 Å². The van der Waals surface area contributed by atoms with Crippen molar-refractivity contribution >= 4 is 11.4 Å². The molecular formula is C24H18N4. The topological polar surface area (TPSA) is 42.5 Å². The molecular weight excluding hydrogens is 344 g/mol. The van der Waals surface area contributed by atoms with Crippen molar-refractivity contribution < 1.29 is 0 Å². The number of hydrogen-bond acceptors (Lipinski definition) is 3. The summed E-state index contributed by atoms with van der Waals surface area (Å²) >= 11 is 0. The van der Waals surface area contributed by atoms with Gasteiger partial charge in [0.1, 0.15) is 5.71 Å². The van der Waals surface area contributed by atoms with E-state index in [9.17, 15) is 0 Å². The van der Waals surface area contributed by atoms with E-state index < -0.39 is 0 Å².